The van der Waals surface area contributed by atoms with E-state index in [4.69, 9.17) is 5.73 Å². The summed E-state index contributed by atoms with van der Waals surface area (Å²) in [6.07, 6.45) is 8.10. The van der Waals surface area contributed by atoms with Gasteiger partial charge in [0.1, 0.15) is 0 Å². The molecule has 114 valence electrons. The first-order valence-electron chi connectivity index (χ1n) is 8.26. The van der Waals surface area contributed by atoms with E-state index in [0.29, 0.717) is 6.04 Å². The highest BCUT2D eigenvalue weighted by molar-refractivity contribution is 5.14. The van der Waals surface area contributed by atoms with Gasteiger partial charge in [0.2, 0.25) is 0 Å². The third-order valence-corrected chi connectivity index (χ3v) is 3.99. The van der Waals surface area contributed by atoms with Crippen LogP contribution < -0.4 is 5.73 Å². The van der Waals surface area contributed by atoms with Crippen LogP contribution in [-0.2, 0) is 6.54 Å². The van der Waals surface area contributed by atoms with Crippen molar-refractivity contribution in [1.29, 1.82) is 0 Å². The maximum atomic E-state index is 5.77. The van der Waals surface area contributed by atoms with Crippen LogP contribution in [-0.4, -0.2) is 24.0 Å². The van der Waals surface area contributed by atoms with Crippen LogP contribution in [0, 0.1) is 0 Å². The first-order chi connectivity index (χ1) is 9.77. The zero-order chi connectivity index (χ0) is 14.6. The fourth-order valence-corrected chi connectivity index (χ4v) is 2.66. The summed E-state index contributed by atoms with van der Waals surface area (Å²) >= 11 is 0. The summed E-state index contributed by atoms with van der Waals surface area (Å²) in [5.74, 6) is 0. The Labute approximate surface area is 125 Å². The molecule has 0 aliphatic rings. The standard InChI is InChI=1S/C18H32N2/c1-3-4-5-6-8-11-17(2)20(15-14-19)16-18-12-9-7-10-13-18/h7,9-10,12-13,17H,3-6,8,11,14-16,19H2,1-2H3. The molecule has 0 saturated carbocycles. The van der Waals surface area contributed by atoms with Crippen molar-refractivity contribution in [3.05, 3.63) is 35.9 Å². The Balaban J connectivity index is 2.36. The molecule has 1 aromatic rings. The zero-order valence-corrected chi connectivity index (χ0v) is 13.4. The highest BCUT2D eigenvalue weighted by Crippen LogP contribution is 2.14. The molecule has 2 nitrogen and oxygen atoms in total. The molecule has 0 aromatic heterocycles. The lowest BCUT2D eigenvalue weighted by molar-refractivity contribution is 0.193. The van der Waals surface area contributed by atoms with Crippen molar-refractivity contribution in [2.75, 3.05) is 13.1 Å². The third-order valence-electron chi connectivity index (χ3n) is 3.99. The highest BCUT2D eigenvalue weighted by atomic mass is 15.2. The monoisotopic (exact) mass is 276 g/mol. The van der Waals surface area contributed by atoms with Gasteiger partial charge in [0, 0.05) is 25.7 Å². The molecule has 0 heterocycles. The fraction of sp³-hybridized carbons (Fsp3) is 0.667. The van der Waals surface area contributed by atoms with Crippen LogP contribution in [0.5, 0.6) is 0 Å². The van der Waals surface area contributed by atoms with Gasteiger partial charge in [-0.05, 0) is 18.9 Å². The Bertz CT molecular complexity index is 323. The van der Waals surface area contributed by atoms with E-state index in [1.165, 1.54) is 44.1 Å². The Hall–Kier alpha value is -0.860. The van der Waals surface area contributed by atoms with Crippen molar-refractivity contribution < 1.29 is 0 Å². The predicted octanol–water partition coefficient (Wildman–Crippen LogP) is 4.20. The number of unbranched alkanes of at least 4 members (excludes halogenated alkanes) is 4. The summed E-state index contributed by atoms with van der Waals surface area (Å²) in [4.78, 5) is 2.52. The van der Waals surface area contributed by atoms with Gasteiger partial charge >= 0.3 is 0 Å². The van der Waals surface area contributed by atoms with Crippen molar-refractivity contribution in [3.8, 4) is 0 Å². The third kappa shape index (κ3) is 7.06. The molecule has 0 spiro atoms. The summed E-state index contributed by atoms with van der Waals surface area (Å²) in [6, 6.07) is 11.3. The largest absolute Gasteiger partial charge is 0.329 e. The Morgan fingerprint density at radius 1 is 1.05 bits per heavy atom. The summed E-state index contributed by atoms with van der Waals surface area (Å²) in [5, 5.41) is 0. The van der Waals surface area contributed by atoms with Crippen LogP contribution in [0.2, 0.25) is 0 Å². The van der Waals surface area contributed by atoms with E-state index in [0.717, 1.165) is 19.6 Å². The zero-order valence-electron chi connectivity index (χ0n) is 13.4. The SMILES string of the molecule is CCCCCCCC(C)N(CCN)Cc1ccccc1. The number of hydrogen-bond acceptors (Lipinski definition) is 2. The molecular weight excluding hydrogens is 244 g/mol. The number of nitrogens with two attached hydrogens (primary N) is 1. The second-order valence-electron chi connectivity index (χ2n) is 5.80. The van der Waals surface area contributed by atoms with E-state index < -0.39 is 0 Å². The fourth-order valence-electron chi connectivity index (χ4n) is 2.66. The van der Waals surface area contributed by atoms with Crippen LogP contribution >= 0.6 is 0 Å². The van der Waals surface area contributed by atoms with Gasteiger partial charge in [0.05, 0.1) is 0 Å². The maximum absolute atomic E-state index is 5.77. The molecule has 20 heavy (non-hydrogen) atoms. The summed E-state index contributed by atoms with van der Waals surface area (Å²) in [7, 11) is 0. The van der Waals surface area contributed by atoms with Gasteiger partial charge in [0.25, 0.3) is 0 Å². The Morgan fingerprint density at radius 2 is 1.75 bits per heavy atom. The van der Waals surface area contributed by atoms with Crippen LogP contribution in [0.3, 0.4) is 0 Å². The summed E-state index contributed by atoms with van der Waals surface area (Å²) < 4.78 is 0. The smallest absolute Gasteiger partial charge is 0.0237 e. The number of benzene rings is 1. The lowest BCUT2D eigenvalue weighted by Gasteiger charge is -2.29. The van der Waals surface area contributed by atoms with E-state index in [-0.39, 0.29) is 0 Å². The molecule has 0 bridgehead atoms. The minimum absolute atomic E-state index is 0.625. The van der Waals surface area contributed by atoms with Crippen LogP contribution in [0.15, 0.2) is 30.3 Å². The molecule has 0 aliphatic carbocycles. The Kier molecular flexibility index (Phi) is 9.35. The molecule has 1 atom stereocenters. The number of rotatable bonds is 11. The average Bonchev–Trinajstić information content (AvgIpc) is 2.47. The van der Waals surface area contributed by atoms with E-state index in [9.17, 15) is 0 Å². The van der Waals surface area contributed by atoms with Crippen LogP contribution in [0.4, 0.5) is 0 Å². The minimum Gasteiger partial charge on any atom is -0.329 e. The number of nitrogens with zero attached hydrogens (tertiary/aromatic N) is 1. The van der Waals surface area contributed by atoms with Gasteiger partial charge in [0.15, 0.2) is 0 Å². The predicted molar refractivity (Wildman–Crippen MR) is 88.7 cm³/mol. The quantitative estimate of drug-likeness (QED) is 0.614. The van der Waals surface area contributed by atoms with Gasteiger partial charge in [-0.2, -0.15) is 0 Å². The van der Waals surface area contributed by atoms with Gasteiger partial charge in [-0.1, -0.05) is 69.4 Å². The van der Waals surface area contributed by atoms with Gasteiger partial charge in [-0.25, -0.2) is 0 Å². The summed E-state index contributed by atoms with van der Waals surface area (Å²) in [5.41, 5.74) is 7.16. The first-order valence-corrected chi connectivity index (χ1v) is 8.26. The summed E-state index contributed by atoms with van der Waals surface area (Å²) in [6.45, 7) is 7.37. The van der Waals surface area contributed by atoms with Crippen molar-refractivity contribution in [1.82, 2.24) is 4.90 Å². The molecular formula is C18H32N2. The van der Waals surface area contributed by atoms with Crippen molar-refractivity contribution in [3.63, 3.8) is 0 Å². The first kappa shape index (κ1) is 17.2. The molecule has 0 fully saturated rings. The van der Waals surface area contributed by atoms with Crippen molar-refractivity contribution in [2.45, 2.75) is 65.0 Å². The topological polar surface area (TPSA) is 29.3 Å². The molecule has 1 rings (SSSR count). The van der Waals surface area contributed by atoms with Crippen molar-refractivity contribution in [2.24, 2.45) is 5.73 Å². The van der Waals surface area contributed by atoms with E-state index in [1.54, 1.807) is 0 Å². The van der Waals surface area contributed by atoms with E-state index >= 15 is 0 Å². The van der Waals surface area contributed by atoms with E-state index in [2.05, 4.69) is 49.1 Å². The molecule has 0 saturated heterocycles. The van der Waals surface area contributed by atoms with Crippen LogP contribution in [0.1, 0.15) is 57.9 Å². The lowest BCUT2D eigenvalue weighted by Crippen LogP contribution is -2.36. The second kappa shape index (κ2) is 10.9. The Morgan fingerprint density at radius 3 is 2.40 bits per heavy atom. The lowest BCUT2D eigenvalue weighted by atomic mass is 10.1. The molecule has 2 heteroatoms. The highest BCUT2D eigenvalue weighted by Gasteiger charge is 2.13. The molecule has 1 aromatic carbocycles. The van der Waals surface area contributed by atoms with Gasteiger partial charge in [-0.15, -0.1) is 0 Å². The van der Waals surface area contributed by atoms with Gasteiger partial charge < -0.3 is 5.73 Å². The average molecular weight is 276 g/mol. The minimum atomic E-state index is 0.625. The maximum Gasteiger partial charge on any atom is 0.0237 e. The van der Waals surface area contributed by atoms with Crippen molar-refractivity contribution >= 4 is 0 Å². The normalized spacial score (nSPS) is 12.8. The second-order valence-corrected chi connectivity index (χ2v) is 5.80. The molecule has 0 amide bonds. The van der Waals surface area contributed by atoms with Crippen LogP contribution in [0.25, 0.3) is 0 Å². The molecule has 0 radical (unpaired) electrons. The molecule has 0 aliphatic heterocycles. The van der Waals surface area contributed by atoms with E-state index in [1.807, 2.05) is 0 Å². The molecule has 2 N–H and O–H groups in total. The molecule has 1 unspecified atom stereocenters. The number of hydrogen-bond donors (Lipinski definition) is 1. The van der Waals surface area contributed by atoms with Gasteiger partial charge in [-0.3, -0.25) is 4.90 Å².